The SMILES string of the molecule is Nc1cccc2[nH]c(C(=O)O)c(CCC(=O)O)c12. The summed E-state index contributed by atoms with van der Waals surface area (Å²) < 4.78 is 0. The number of hydrogen-bond donors (Lipinski definition) is 4. The molecule has 5 N–H and O–H groups in total. The Kier molecular flexibility index (Phi) is 2.93. The molecule has 6 heteroatoms. The zero-order valence-corrected chi connectivity index (χ0v) is 9.43. The van der Waals surface area contributed by atoms with Crippen LogP contribution < -0.4 is 5.73 Å². The van der Waals surface area contributed by atoms with Gasteiger partial charge in [0.25, 0.3) is 0 Å². The van der Waals surface area contributed by atoms with Crippen molar-refractivity contribution in [2.45, 2.75) is 12.8 Å². The summed E-state index contributed by atoms with van der Waals surface area (Å²) in [7, 11) is 0. The van der Waals surface area contributed by atoms with Gasteiger partial charge in [0.2, 0.25) is 0 Å². The van der Waals surface area contributed by atoms with Gasteiger partial charge in [-0.25, -0.2) is 4.79 Å². The smallest absolute Gasteiger partial charge is 0.352 e. The van der Waals surface area contributed by atoms with Crippen LogP contribution in [0.2, 0.25) is 0 Å². The van der Waals surface area contributed by atoms with Crippen LogP contribution in [0.25, 0.3) is 10.9 Å². The molecule has 6 nitrogen and oxygen atoms in total. The average Bonchev–Trinajstić information content (AvgIpc) is 2.66. The minimum absolute atomic E-state index is 0.00384. The first-order valence-electron chi connectivity index (χ1n) is 5.35. The Balaban J connectivity index is 2.61. The van der Waals surface area contributed by atoms with Gasteiger partial charge >= 0.3 is 11.9 Å². The number of nitrogens with one attached hydrogen (secondary N) is 1. The molecule has 18 heavy (non-hydrogen) atoms. The predicted molar refractivity (Wildman–Crippen MR) is 65.6 cm³/mol. The van der Waals surface area contributed by atoms with E-state index < -0.39 is 11.9 Å². The lowest BCUT2D eigenvalue weighted by molar-refractivity contribution is -0.136. The summed E-state index contributed by atoms with van der Waals surface area (Å²) in [6.45, 7) is 0. The number of aliphatic carboxylic acids is 1. The summed E-state index contributed by atoms with van der Waals surface area (Å²) in [4.78, 5) is 24.5. The number of H-pyrrole nitrogens is 1. The standard InChI is InChI=1S/C12H12N2O4/c13-7-2-1-3-8-10(7)6(4-5-9(15)16)11(14-8)12(17)18/h1-3,14H,4-5,13H2,(H,15,16)(H,17,18). The second-order valence-corrected chi connectivity index (χ2v) is 3.95. The van der Waals surface area contributed by atoms with E-state index in [1.807, 2.05) is 0 Å². The summed E-state index contributed by atoms with van der Waals surface area (Å²) in [5.41, 5.74) is 7.31. The van der Waals surface area contributed by atoms with E-state index in [1.165, 1.54) is 0 Å². The molecule has 0 unspecified atom stereocenters. The van der Waals surface area contributed by atoms with Crippen LogP contribution in [0.15, 0.2) is 18.2 Å². The molecule has 0 amide bonds. The Labute approximate surface area is 102 Å². The number of carboxylic acid groups (broad SMARTS) is 2. The van der Waals surface area contributed by atoms with Crippen molar-refractivity contribution in [2.75, 3.05) is 5.73 Å². The van der Waals surface area contributed by atoms with E-state index in [0.29, 0.717) is 22.2 Å². The van der Waals surface area contributed by atoms with Gasteiger partial charge in [-0.2, -0.15) is 0 Å². The molecular formula is C12H12N2O4. The number of nitrogens with two attached hydrogens (primary N) is 1. The zero-order chi connectivity index (χ0) is 13.3. The Hall–Kier alpha value is -2.50. The van der Waals surface area contributed by atoms with E-state index in [0.717, 1.165) is 0 Å². The van der Waals surface area contributed by atoms with Gasteiger partial charge in [0.15, 0.2) is 0 Å². The van der Waals surface area contributed by atoms with Crippen LogP contribution in [0.5, 0.6) is 0 Å². The number of rotatable bonds is 4. The molecule has 0 saturated carbocycles. The second-order valence-electron chi connectivity index (χ2n) is 3.95. The van der Waals surface area contributed by atoms with E-state index in [-0.39, 0.29) is 18.5 Å². The Bertz CT molecular complexity index is 630. The topological polar surface area (TPSA) is 116 Å². The number of hydrogen-bond acceptors (Lipinski definition) is 3. The number of anilines is 1. The van der Waals surface area contributed by atoms with Crippen LogP contribution in [-0.2, 0) is 11.2 Å². The van der Waals surface area contributed by atoms with Crippen molar-refractivity contribution in [3.8, 4) is 0 Å². The first-order valence-corrected chi connectivity index (χ1v) is 5.35. The first-order chi connectivity index (χ1) is 8.50. The molecule has 0 aliphatic heterocycles. The average molecular weight is 248 g/mol. The van der Waals surface area contributed by atoms with E-state index in [1.54, 1.807) is 18.2 Å². The summed E-state index contributed by atoms with van der Waals surface area (Å²) >= 11 is 0. The molecule has 2 rings (SSSR count). The lowest BCUT2D eigenvalue weighted by atomic mass is 10.0. The van der Waals surface area contributed by atoms with Gasteiger partial charge < -0.3 is 20.9 Å². The summed E-state index contributed by atoms with van der Waals surface area (Å²) in [6, 6.07) is 5.08. The minimum Gasteiger partial charge on any atom is -0.481 e. The fourth-order valence-electron chi connectivity index (χ4n) is 2.01. The Morgan fingerprint density at radius 1 is 1.28 bits per heavy atom. The van der Waals surface area contributed by atoms with Crippen molar-refractivity contribution < 1.29 is 19.8 Å². The molecule has 0 atom stereocenters. The third kappa shape index (κ3) is 2.00. The number of fused-ring (bicyclic) bond motifs is 1. The summed E-state index contributed by atoms with van der Waals surface area (Å²) in [6.07, 6.45) is -0.00719. The molecule has 2 aromatic rings. The van der Waals surface area contributed by atoms with Gasteiger partial charge in [0.05, 0.1) is 0 Å². The highest BCUT2D eigenvalue weighted by molar-refractivity contribution is 6.02. The molecule has 94 valence electrons. The lowest BCUT2D eigenvalue weighted by Crippen LogP contribution is -2.04. The van der Waals surface area contributed by atoms with Crippen molar-refractivity contribution in [1.29, 1.82) is 0 Å². The Morgan fingerprint density at radius 3 is 2.61 bits per heavy atom. The molecule has 0 bridgehead atoms. The van der Waals surface area contributed by atoms with Gasteiger partial charge in [-0.3, -0.25) is 4.79 Å². The van der Waals surface area contributed by atoms with Crippen LogP contribution in [0, 0.1) is 0 Å². The molecule has 0 spiro atoms. The van der Waals surface area contributed by atoms with E-state index in [4.69, 9.17) is 15.9 Å². The largest absolute Gasteiger partial charge is 0.481 e. The van der Waals surface area contributed by atoms with Gasteiger partial charge in [-0.05, 0) is 24.1 Å². The van der Waals surface area contributed by atoms with Crippen LogP contribution in [-0.4, -0.2) is 27.1 Å². The summed E-state index contributed by atoms with van der Waals surface area (Å²) in [5.74, 6) is -2.10. The predicted octanol–water partition coefficient (Wildman–Crippen LogP) is 1.47. The van der Waals surface area contributed by atoms with Crippen LogP contribution >= 0.6 is 0 Å². The van der Waals surface area contributed by atoms with E-state index in [2.05, 4.69) is 4.98 Å². The van der Waals surface area contributed by atoms with Crippen molar-refractivity contribution in [3.05, 3.63) is 29.5 Å². The molecule has 0 saturated heterocycles. The maximum Gasteiger partial charge on any atom is 0.352 e. The number of aryl methyl sites for hydroxylation is 1. The maximum absolute atomic E-state index is 11.1. The van der Waals surface area contributed by atoms with Crippen molar-refractivity contribution >= 4 is 28.5 Å². The zero-order valence-electron chi connectivity index (χ0n) is 9.43. The van der Waals surface area contributed by atoms with Crippen LogP contribution in [0.4, 0.5) is 5.69 Å². The maximum atomic E-state index is 11.1. The van der Waals surface area contributed by atoms with E-state index >= 15 is 0 Å². The molecule has 0 aliphatic rings. The van der Waals surface area contributed by atoms with Crippen molar-refractivity contribution in [2.24, 2.45) is 0 Å². The fraction of sp³-hybridized carbons (Fsp3) is 0.167. The van der Waals surface area contributed by atoms with Crippen LogP contribution in [0.3, 0.4) is 0 Å². The lowest BCUT2D eigenvalue weighted by Gasteiger charge is -2.01. The second kappa shape index (κ2) is 4.40. The van der Waals surface area contributed by atoms with E-state index in [9.17, 15) is 9.59 Å². The van der Waals surface area contributed by atoms with Crippen LogP contribution in [0.1, 0.15) is 22.5 Å². The van der Waals surface area contributed by atoms with Gasteiger partial charge in [0, 0.05) is 23.0 Å². The minimum atomic E-state index is -1.12. The Morgan fingerprint density at radius 2 is 2.00 bits per heavy atom. The van der Waals surface area contributed by atoms with Gasteiger partial charge in [0.1, 0.15) is 5.69 Å². The molecule has 0 fully saturated rings. The third-order valence-electron chi connectivity index (χ3n) is 2.76. The van der Waals surface area contributed by atoms with Crippen molar-refractivity contribution in [1.82, 2.24) is 4.98 Å². The highest BCUT2D eigenvalue weighted by atomic mass is 16.4. The quantitative estimate of drug-likeness (QED) is 0.611. The molecule has 1 aromatic carbocycles. The highest BCUT2D eigenvalue weighted by Gasteiger charge is 2.19. The van der Waals surface area contributed by atoms with Crippen molar-refractivity contribution in [3.63, 3.8) is 0 Å². The molecule has 1 aromatic heterocycles. The number of carbonyl (C=O) groups is 2. The molecule has 1 heterocycles. The number of aromatic nitrogens is 1. The number of benzene rings is 1. The number of aromatic amines is 1. The number of nitrogen functional groups attached to an aromatic ring is 1. The summed E-state index contributed by atoms with van der Waals surface area (Å²) in [5, 5.41) is 18.4. The highest BCUT2D eigenvalue weighted by Crippen LogP contribution is 2.28. The monoisotopic (exact) mass is 248 g/mol. The number of aromatic carboxylic acids is 1. The molecule has 0 radical (unpaired) electrons. The van der Waals surface area contributed by atoms with Gasteiger partial charge in [-0.1, -0.05) is 6.07 Å². The molecular weight excluding hydrogens is 236 g/mol. The molecule has 0 aliphatic carbocycles. The number of carboxylic acids is 2. The van der Waals surface area contributed by atoms with Gasteiger partial charge in [-0.15, -0.1) is 0 Å². The normalized spacial score (nSPS) is 10.7. The fourth-order valence-corrected chi connectivity index (χ4v) is 2.01. The third-order valence-corrected chi connectivity index (χ3v) is 2.76. The first kappa shape index (κ1) is 12.0.